The van der Waals surface area contributed by atoms with Gasteiger partial charge in [-0.1, -0.05) is 0 Å². The van der Waals surface area contributed by atoms with Crippen molar-refractivity contribution in [2.45, 2.75) is 26.2 Å². The van der Waals surface area contributed by atoms with Gasteiger partial charge in [0.25, 0.3) is 0 Å². The van der Waals surface area contributed by atoms with Gasteiger partial charge in [0.2, 0.25) is 0 Å². The molecule has 2 atom stereocenters. The fourth-order valence-electron chi connectivity index (χ4n) is 0.871. The average molecular weight is 274 g/mol. The maximum atomic E-state index is 11.0. The first-order valence-electron chi connectivity index (χ1n) is 4.61. The molecule has 0 aliphatic carbocycles. The van der Waals surface area contributed by atoms with Crippen molar-refractivity contribution < 1.29 is 32.5 Å². The predicted molar refractivity (Wildman–Crippen MR) is 57.1 cm³/mol. The lowest BCUT2D eigenvalue weighted by Crippen LogP contribution is -1.97. The van der Waals surface area contributed by atoms with Crippen LogP contribution in [0.3, 0.4) is 0 Å². The van der Waals surface area contributed by atoms with Gasteiger partial charge in [0.15, 0.2) is 0 Å². The van der Waals surface area contributed by atoms with E-state index in [-0.39, 0.29) is 12.4 Å². The van der Waals surface area contributed by atoms with Gasteiger partial charge in [0.1, 0.15) is 5.78 Å². The summed E-state index contributed by atoms with van der Waals surface area (Å²) in [6.07, 6.45) is 1.29. The van der Waals surface area contributed by atoms with Crippen molar-refractivity contribution in [1.29, 1.82) is 0 Å². The first-order valence-corrected chi connectivity index (χ1v) is 8.13. The zero-order chi connectivity index (χ0) is 12.8. The predicted octanol–water partition coefficient (Wildman–Crippen LogP) is 1.69. The first-order chi connectivity index (χ1) is 7.12. The Kier molecular flexibility index (Phi) is 6.63. The summed E-state index contributed by atoms with van der Waals surface area (Å²) in [6.45, 7) is 2.12. The van der Waals surface area contributed by atoms with E-state index in [1.165, 1.54) is 6.92 Å². The zero-order valence-corrected chi connectivity index (χ0v) is 10.9. The van der Waals surface area contributed by atoms with Gasteiger partial charge in [0.05, 0.1) is 6.61 Å². The Balaban J connectivity index is 3.79. The number of hydrogen-bond donors (Lipinski definition) is 2. The lowest BCUT2D eigenvalue weighted by molar-refractivity contribution is -0.117. The molecule has 0 amide bonds. The van der Waals surface area contributed by atoms with Gasteiger partial charge < -0.3 is 14.6 Å². The summed E-state index contributed by atoms with van der Waals surface area (Å²) in [5, 5.41) is 0. The summed E-state index contributed by atoms with van der Waals surface area (Å²) < 4.78 is 30.1. The molecule has 9 heteroatoms. The van der Waals surface area contributed by atoms with Crippen LogP contribution in [0.25, 0.3) is 0 Å². The van der Waals surface area contributed by atoms with Gasteiger partial charge in [-0.2, -0.15) is 0 Å². The zero-order valence-electron chi connectivity index (χ0n) is 9.16. The highest BCUT2D eigenvalue weighted by molar-refractivity contribution is 7.63. The molecule has 2 unspecified atom stereocenters. The van der Waals surface area contributed by atoms with E-state index in [4.69, 9.17) is 9.79 Å². The molecular weight excluding hydrogens is 258 g/mol. The van der Waals surface area contributed by atoms with Crippen LogP contribution in [-0.2, 0) is 22.8 Å². The van der Waals surface area contributed by atoms with Crippen LogP contribution in [0.15, 0.2) is 0 Å². The second-order valence-corrected chi connectivity index (χ2v) is 6.80. The number of phosphoric acid groups is 1. The number of carbonyl (C=O) groups is 1. The van der Waals surface area contributed by atoms with E-state index in [0.717, 1.165) is 6.66 Å². The summed E-state index contributed by atoms with van der Waals surface area (Å²) in [4.78, 5) is 28.2. The molecule has 0 aromatic carbocycles. The van der Waals surface area contributed by atoms with Gasteiger partial charge >= 0.3 is 15.4 Å². The van der Waals surface area contributed by atoms with Crippen LogP contribution in [0.5, 0.6) is 0 Å². The van der Waals surface area contributed by atoms with Gasteiger partial charge in [-0.3, -0.25) is 9.09 Å². The van der Waals surface area contributed by atoms with Gasteiger partial charge in [-0.05, 0) is 19.8 Å². The molecule has 0 rings (SSSR count). The second kappa shape index (κ2) is 6.64. The third-order valence-electron chi connectivity index (χ3n) is 1.43. The highest BCUT2D eigenvalue weighted by Crippen LogP contribution is 2.57. The summed E-state index contributed by atoms with van der Waals surface area (Å²) in [5.74, 6) is 0.0249. The van der Waals surface area contributed by atoms with E-state index in [0.29, 0.717) is 19.3 Å². The molecule has 0 bridgehead atoms. The first kappa shape index (κ1) is 16.0. The molecular formula is C7H16O7P2. The standard InChI is InChI=1S/C7H16O7P2/c1-7(8)5-3-4-6-13-16(11,12)14-15(2,9)10/h3-6H2,1-2H3,(H,9,10)(H,11,12). The normalized spacial score (nSPS) is 18.8. The quantitative estimate of drug-likeness (QED) is 0.511. The van der Waals surface area contributed by atoms with Crippen molar-refractivity contribution in [3.63, 3.8) is 0 Å². The lowest BCUT2D eigenvalue weighted by atomic mass is 10.2. The van der Waals surface area contributed by atoms with E-state index in [1.807, 2.05) is 0 Å². The summed E-state index contributed by atoms with van der Waals surface area (Å²) >= 11 is 0. The Labute approximate surface area is 93.9 Å². The monoisotopic (exact) mass is 274 g/mol. The van der Waals surface area contributed by atoms with E-state index < -0.39 is 15.4 Å². The van der Waals surface area contributed by atoms with Crippen LogP contribution in [0.2, 0.25) is 0 Å². The Bertz CT molecular complexity index is 321. The molecule has 0 heterocycles. The van der Waals surface area contributed by atoms with E-state index >= 15 is 0 Å². The Morgan fingerprint density at radius 2 is 1.81 bits per heavy atom. The van der Waals surface area contributed by atoms with Crippen molar-refractivity contribution in [2.75, 3.05) is 13.3 Å². The summed E-state index contributed by atoms with van der Waals surface area (Å²) in [6, 6.07) is 0. The summed E-state index contributed by atoms with van der Waals surface area (Å²) in [7, 11) is -8.53. The van der Waals surface area contributed by atoms with Gasteiger partial charge in [-0.25, -0.2) is 8.88 Å². The average Bonchev–Trinajstić information content (AvgIpc) is 1.97. The van der Waals surface area contributed by atoms with Gasteiger partial charge in [0, 0.05) is 13.1 Å². The minimum absolute atomic E-state index is 0.0249. The number of carbonyl (C=O) groups excluding carboxylic acids is 1. The maximum Gasteiger partial charge on any atom is 0.479 e. The number of hydrogen-bond acceptors (Lipinski definition) is 5. The molecule has 0 aliphatic heterocycles. The smallest absolute Gasteiger partial charge is 0.324 e. The van der Waals surface area contributed by atoms with E-state index in [2.05, 4.69) is 8.83 Å². The topological polar surface area (TPSA) is 110 Å². The number of Topliss-reactive ketones (excluding diaryl/α,β-unsaturated/α-hetero) is 1. The highest BCUT2D eigenvalue weighted by atomic mass is 31.3. The Hall–Kier alpha value is -0.0300. The fraction of sp³-hybridized carbons (Fsp3) is 0.857. The molecule has 96 valence electrons. The number of phosphoric ester groups is 1. The molecule has 0 saturated carbocycles. The molecule has 0 saturated heterocycles. The molecule has 2 N–H and O–H groups in total. The van der Waals surface area contributed by atoms with Crippen LogP contribution in [-0.4, -0.2) is 28.8 Å². The number of ketones is 1. The van der Waals surface area contributed by atoms with Crippen molar-refractivity contribution >= 4 is 21.2 Å². The van der Waals surface area contributed by atoms with Crippen molar-refractivity contribution in [3.8, 4) is 0 Å². The molecule has 0 fully saturated rings. The second-order valence-electron chi connectivity index (χ2n) is 3.35. The number of unbranched alkanes of at least 4 members (excludes halogenated alkanes) is 1. The van der Waals surface area contributed by atoms with Gasteiger partial charge in [-0.15, -0.1) is 0 Å². The SMILES string of the molecule is CC(=O)CCCCOP(=O)(O)OP(C)(=O)O. The number of rotatable bonds is 8. The fourth-order valence-corrected chi connectivity index (χ4v) is 2.95. The molecule has 0 aromatic rings. The molecule has 16 heavy (non-hydrogen) atoms. The minimum atomic E-state index is -4.48. The lowest BCUT2D eigenvalue weighted by Gasteiger charge is -2.13. The third-order valence-corrected chi connectivity index (χ3v) is 3.98. The largest absolute Gasteiger partial charge is 0.479 e. The van der Waals surface area contributed by atoms with Crippen LogP contribution in [0.4, 0.5) is 0 Å². The minimum Gasteiger partial charge on any atom is -0.324 e. The highest BCUT2D eigenvalue weighted by Gasteiger charge is 2.29. The van der Waals surface area contributed by atoms with Crippen molar-refractivity contribution in [2.24, 2.45) is 0 Å². The van der Waals surface area contributed by atoms with Crippen LogP contribution >= 0.6 is 15.4 Å². The van der Waals surface area contributed by atoms with E-state index in [1.54, 1.807) is 0 Å². The van der Waals surface area contributed by atoms with Crippen molar-refractivity contribution in [3.05, 3.63) is 0 Å². The van der Waals surface area contributed by atoms with Crippen LogP contribution < -0.4 is 0 Å². The molecule has 0 spiro atoms. The molecule has 0 aromatic heterocycles. The molecule has 0 aliphatic rings. The summed E-state index contributed by atoms with van der Waals surface area (Å²) in [5.41, 5.74) is 0. The van der Waals surface area contributed by atoms with Crippen LogP contribution in [0, 0.1) is 0 Å². The Morgan fingerprint density at radius 1 is 1.25 bits per heavy atom. The third kappa shape index (κ3) is 10.5. The van der Waals surface area contributed by atoms with Crippen molar-refractivity contribution in [1.82, 2.24) is 0 Å². The van der Waals surface area contributed by atoms with E-state index in [9.17, 15) is 13.9 Å². The Morgan fingerprint density at radius 3 is 2.25 bits per heavy atom. The molecule has 0 radical (unpaired) electrons. The molecule has 7 nitrogen and oxygen atoms in total. The van der Waals surface area contributed by atoms with Crippen LogP contribution in [0.1, 0.15) is 26.2 Å². The maximum absolute atomic E-state index is 11.0.